The summed E-state index contributed by atoms with van der Waals surface area (Å²) >= 11 is 3.38. The molecule has 1 aliphatic rings. The van der Waals surface area contributed by atoms with Gasteiger partial charge in [0.2, 0.25) is 11.8 Å². The van der Waals surface area contributed by atoms with Crippen molar-refractivity contribution in [1.82, 2.24) is 5.43 Å². The average molecular weight is 366 g/mol. The van der Waals surface area contributed by atoms with Gasteiger partial charge in [-0.3, -0.25) is 9.59 Å². The molecular formula is C16H20BrN3O2. The molecule has 1 heterocycles. The molecule has 0 bridgehead atoms. The van der Waals surface area contributed by atoms with E-state index < -0.39 is 0 Å². The Morgan fingerprint density at radius 1 is 1.45 bits per heavy atom. The van der Waals surface area contributed by atoms with Crippen molar-refractivity contribution in [1.29, 1.82) is 0 Å². The number of carbonyl (C=O) groups excluding carboxylic acids is 2. The largest absolute Gasteiger partial charge is 0.325 e. The molecule has 2 N–H and O–H groups in total. The quantitative estimate of drug-likeness (QED) is 0.787. The zero-order valence-electron chi connectivity index (χ0n) is 12.7. The van der Waals surface area contributed by atoms with Crippen LogP contribution in [0.25, 0.3) is 0 Å². The summed E-state index contributed by atoms with van der Waals surface area (Å²) < 4.78 is 0. The standard InChI is InChI=1S/C16H20BrN3O2/c1-3-4-13(17)16(22)18-12-7-5-11(6-8-12)15-10(2)9-14(21)19-20-15/h5-8,10,13H,3-4,9H2,1-2H3,(H,18,22)(H,19,21). The number of nitrogens with zero attached hydrogens (tertiary/aromatic N) is 1. The molecule has 2 rings (SSSR count). The second-order valence-electron chi connectivity index (χ2n) is 5.46. The summed E-state index contributed by atoms with van der Waals surface area (Å²) in [5.74, 6) is -0.00433. The molecule has 0 saturated carbocycles. The Kier molecular flexibility index (Phi) is 5.71. The number of alkyl halides is 1. The van der Waals surface area contributed by atoms with Crippen LogP contribution in [0, 0.1) is 5.92 Å². The van der Waals surface area contributed by atoms with Gasteiger partial charge in [-0.1, -0.05) is 48.3 Å². The lowest BCUT2D eigenvalue weighted by molar-refractivity contribution is -0.122. The maximum atomic E-state index is 11.9. The maximum absolute atomic E-state index is 11.9. The van der Waals surface area contributed by atoms with Gasteiger partial charge in [-0.25, -0.2) is 5.43 Å². The molecular weight excluding hydrogens is 346 g/mol. The molecule has 118 valence electrons. The number of carbonyl (C=O) groups is 2. The highest BCUT2D eigenvalue weighted by molar-refractivity contribution is 9.10. The number of nitrogens with one attached hydrogen (secondary N) is 2. The molecule has 1 aromatic rings. The lowest BCUT2D eigenvalue weighted by Crippen LogP contribution is -2.31. The summed E-state index contributed by atoms with van der Waals surface area (Å²) in [6, 6.07) is 7.52. The molecule has 5 nitrogen and oxygen atoms in total. The van der Waals surface area contributed by atoms with Crippen LogP contribution in [-0.4, -0.2) is 22.4 Å². The van der Waals surface area contributed by atoms with Gasteiger partial charge in [-0.15, -0.1) is 0 Å². The third kappa shape index (κ3) is 4.16. The van der Waals surface area contributed by atoms with Crippen molar-refractivity contribution in [2.45, 2.75) is 37.9 Å². The highest BCUT2D eigenvalue weighted by atomic mass is 79.9. The fourth-order valence-electron chi connectivity index (χ4n) is 2.33. The Balaban J connectivity index is 2.04. The zero-order chi connectivity index (χ0) is 16.1. The van der Waals surface area contributed by atoms with Crippen LogP contribution in [0.4, 0.5) is 5.69 Å². The van der Waals surface area contributed by atoms with Crippen molar-refractivity contribution >= 4 is 39.1 Å². The normalized spacial score (nSPS) is 19.1. The number of hydrogen-bond acceptors (Lipinski definition) is 3. The van der Waals surface area contributed by atoms with Crippen molar-refractivity contribution in [3.63, 3.8) is 0 Å². The smallest absolute Gasteiger partial charge is 0.240 e. The minimum absolute atomic E-state index is 0.0368. The summed E-state index contributed by atoms with van der Waals surface area (Å²) in [7, 11) is 0. The van der Waals surface area contributed by atoms with E-state index in [9.17, 15) is 9.59 Å². The van der Waals surface area contributed by atoms with E-state index in [2.05, 4.69) is 31.8 Å². The first kappa shape index (κ1) is 16.7. The van der Waals surface area contributed by atoms with Crippen LogP contribution in [0.15, 0.2) is 29.4 Å². The minimum Gasteiger partial charge on any atom is -0.325 e. The van der Waals surface area contributed by atoms with Gasteiger partial charge in [-0.05, 0) is 24.1 Å². The molecule has 1 aliphatic heterocycles. The summed E-state index contributed by atoms with van der Waals surface area (Å²) in [5, 5.41) is 7.01. The molecule has 0 spiro atoms. The topological polar surface area (TPSA) is 70.6 Å². The molecule has 2 amide bonds. The van der Waals surface area contributed by atoms with E-state index in [0.717, 1.165) is 29.8 Å². The van der Waals surface area contributed by atoms with Crippen LogP contribution < -0.4 is 10.7 Å². The second kappa shape index (κ2) is 7.54. The van der Waals surface area contributed by atoms with Crippen LogP contribution in [0.5, 0.6) is 0 Å². The van der Waals surface area contributed by atoms with E-state index in [1.165, 1.54) is 0 Å². The van der Waals surface area contributed by atoms with Gasteiger partial charge in [0.15, 0.2) is 0 Å². The molecule has 0 radical (unpaired) electrons. The predicted octanol–water partition coefficient (Wildman–Crippen LogP) is 3.05. The van der Waals surface area contributed by atoms with Crippen LogP contribution in [0.2, 0.25) is 0 Å². The number of hydrogen-bond donors (Lipinski definition) is 2. The molecule has 2 unspecified atom stereocenters. The summed E-state index contributed by atoms with van der Waals surface area (Å²) in [5.41, 5.74) is 5.08. The van der Waals surface area contributed by atoms with Crippen molar-refractivity contribution in [2.24, 2.45) is 11.0 Å². The number of halogens is 1. The average Bonchev–Trinajstić information content (AvgIpc) is 2.48. The highest BCUT2D eigenvalue weighted by Crippen LogP contribution is 2.19. The van der Waals surface area contributed by atoms with E-state index in [0.29, 0.717) is 6.42 Å². The summed E-state index contributed by atoms with van der Waals surface area (Å²) in [6.07, 6.45) is 2.20. The molecule has 6 heteroatoms. The lowest BCUT2D eigenvalue weighted by Gasteiger charge is -2.19. The Hall–Kier alpha value is -1.69. The Morgan fingerprint density at radius 2 is 2.14 bits per heavy atom. The number of amides is 2. The van der Waals surface area contributed by atoms with Gasteiger partial charge in [0, 0.05) is 18.0 Å². The third-order valence-electron chi connectivity index (χ3n) is 3.53. The molecule has 0 aromatic heterocycles. The second-order valence-corrected chi connectivity index (χ2v) is 6.57. The first-order valence-electron chi connectivity index (χ1n) is 7.43. The molecule has 0 aliphatic carbocycles. The number of benzene rings is 1. The summed E-state index contributed by atoms with van der Waals surface area (Å²) in [4.78, 5) is 23.0. The van der Waals surface area contributed by atoms with Crippen molar-refractivity contribution in [3.05, 3.63) is 29.8 Å². The monoisotopic (exact) mass is 365 g/mol. The van der Waals surface area contributed by atoms with Gasteiger partial charge in [-0.2, -0.15) is 5.10 Å². The molecule has 2 atom stereocenters. The number of anilines is 1. The van der Waals surface area contributed by atoms with Gasteiger partial charge >= 0.3 is 0 Å². The van der Waals surface area contributed by atoms with E-state index in [1.807, 2.05) is 38.1 Å². The van der Waals surface area contributed by atoms with Crippen molar-refractivity contribution < 1.29 is 9.59 Å². The molecule has 0 fully saturated rings. The first-order valence-corrected chi connectivity index (χ1v) is 8.34. The Labute approximate surface area is 138 Å². The SMILES string of the molecule is CCCC(Br)C(=O)Nc1ccc(C2=NNC(=O)CC2C)cc1. The fourth-order valence-corrected chi connectivity index (χ4v) is 2.90. The van der Waals surface area contributed by atoms with E-state index in [-0.39, 0.29) is 22.6 Å². The Morgan fingerprint density at radius 3 is 2.73 bits per heavy atom. The van der Waals surface area contributed by atoms with E-state index in [4.69, 9.17) is 0 Å². The van der Waals surface area contributed by atoms with Gasteiger partial charge in [0.1, 0.15) is 0 Å². The van der Waals surface area contributed by atoms with Crippen LogP contribution in [0.1, 0.15) is 38.7 Å². The van der Waals surface area contributed by atoms with Gasteiger partial charge in [0.25, 0.3) is 0 Å². The van der Waals surface area contributed by atoms with Crippen LogP contribution in [0.3, 0.4) is 0 Å². The number of rotatable bonds is 5. The van der Waals surface area contributed by atoms with E-state index >= 15 is 0 Å². The molecule has 22 heavy (non-hydrogen) atoms. The molecule has 1 aromatic carbocycles. The first-order chi connectivity index (χ1) is 10.5. The molecule has 0 saturated heterocycles. The summed E-state index contributed by atoms with van der Waals surface area (Å²) in [6.45, 7) is 4.02. The number of hydrazone groups is 1. The fraction of sp³-hybridized carbons (Fsp3) is 0.438. The predicted molar refractivity (Wildman–Crippen MR) is 91.2 cm³/mol. The van der Waals surface area contributed by atoms with Crippen LogP contribution in [-0.2, 0) is 9.59 Å². The maximum Gasteiger partial charge on any atom is 0.240 e. The van der Waals surface area contributed by atoms with Crippen molar-refractivity contribution in [3.8, 4) is 0 Å². The van der Waals surface area contributed by atoms with Gasteiger partial charge < -0.3 is 5.32 Å². The van der Waals surface area contributed by atoms with E-state index in [1.54, 1.807) is 0 Å². The third-order valence-corrected chi connectivity index (χ3v) is 4.41. The zero-order valence-corrected chi connectivity index (χ0v) is 14.3. The van der Waals surface area contributed by atoms with Crippen molar-refractivity contribution in [2.75, 3.05) is 5.32 Å². The van der Waals surface area contributed by atoms with Crippen LogP contribution >= 0.6 is 15.9 Å². The lowest BCUT2D eigenvalue weighted by atomic mass is 9.94. The Bertz CT molecular complexity index is 584. The highest BCUT2D eigenvalue weighted by Gasteiger charge is 2.21. The van der Waals surface area contributed by atoms with Gasteiger partial charge in [0.05, 0.1) is 10.5 Å². The minimum atomic E-state index is -0.171.